The Morgan fingerprint density at radius 2 is 2.21 bits per heavy atom. The Hall–Kier alpha value is -1.27. The maximum atomic E-state index is 12.3. The number of hydrogen-bond donors (Lipinski definition) is 1. The smallest absolute Gasteiger partial charge is 0.260 e. The van der Waals surface area contributed by atoms with Gasteiger partial charge in [0, 0.05) is 37.3 Å². The lowest BCUT2D eigenvalue weighted by molar-refractivity contribution is -0.136. The summed E-state index contributed by atoms with van der Waals surface area (Å²) in [5.41, 5.74) is 0.677. The third-order valence-corrected chi connectivity index (χ3v) is 4.18. The molecule has 1 atom stereocenters. The van der Waals surface area contributed by atoms with Crippen LogP contribution in [0.4, 0.5) is 0 Å². The van der Waals surface area contributed by atoms with Crippen LogP contribution >= 0.6 is 36.4 Å². The highest BCUT2D eigenvalue weighted by Crippen LogP contribution is 2.29. The van der Waals surface area contributed by atoms with Gasteiger partial charge in [0.1, 0.15) is 11.3 Å². The second kappa shape index (κ2) is 9.28. The Morgan fingerprint density at radius 3 is 2.96 bits per heavy atom. The molecule has 3 rings (SSSR count). The molecule has 1 N–H and O–H groups in total. The number of carbonyl (C=O) groups excluding carboxylic acids is 1. The number of hydrogen-bond acceptors (Lipinski definition) is 4. The van der Waals surface area contributed by atoms with Crippen molar-refractivity contribution >= 4 is 53.2 Å². The maximum absolute atomic E-state index is 12.3. The highest BCUT2D eigenvalue weighted by atomic mass is 35.5. The average molecular weight is 393 g/mol. The topological polar surface area (TPSA) is 54.5 Å². The first-order chi connectivity index (χ1) is 10.7. The normalized spacial score (nSPS) is 16.9. The summed E-state index contributed by atoms with van der Waals surface area (Å²) in [6, 6.07) is 7.42. The number of fused-ring (bicyclic) bond motifs is 1. The van der Waals surface area contributed by atoms with Gasteiger partial charge < -0.3 is 15.0 Å². The fourth-order valence-electron chi connectivity index (χ4n) is 2.66. The van der Waals surface area contributed by atoms with E-state index in [1.54, 1.807) is 18.3 Å². The molecule has 0 saturated carbocycles. The van der Waals surface area contributed by atoms with E-state index in [0.717, 1.165) is 18.5 Å². The van der Waals surface area contributed by atoms with Gasteiger partial charge in [-0.1, -0.05) is 11.6 Å². The predicted molar refractivity (Wildman–Crippen MR) is 101 cm³/mol. The van der Waals surface area contributed by atoms with Crippen molar-refractivity contribution in [2.24, 2.45) is 0 Å². The second-order valence-electron chi connectivity index (χ2n) is 5.37. The molecular formula is C16H20Cl3N3O2. The van der Waals surface area contributed by atoms with Gasteiger partial charge in [0.05, 0.1) is 5.02 Å². The van der Waals surface area contributed by atoms with E-state index in [-0.39, 0.29) is 43.4 Å². The second-order valence-corrected chi connectivity index (χ2v) is 5.78. The molecule has 24 heavy (non-hydrogen) atoms. The molecule has 0 aliphatic carbocycles. The molecule has 1 fully saturated rings. The van der Waals surface area contributed by atoms with Crippen LogP contribution in [0.3, 0.4) is 0 Å². The first kappa shape index (κ1) is 20.8. The SMILES string of the molecule is C[C@H]1CNCCN1C(=O)COc1ccc(Cl)c2cccnc12.Cl.Cl. The van der Waals surface area contributed by atoms with Crippen LogP contribution in [0.5, 0.6) is 5.75 Å². The highest BCUT2D eigenvalue weighted by Gasteiger charge is 2.23. The van der Waals surface area contributed by atoms with Gasteiger partial charge in [-0.15, -0.1) is 24.8 Å². The van der Waals surface area contributed by atoms with Crippen LogP contribution in [0.2, 0.25) is 5.02 Å². The Balaban J connectivity index is 0.00000144. The van der Waals surface area contributed by atoms with Crippen LogP contribution in [-0.4, -0.2) is 48.1 Å². The Kier molecular flexibility index (Phi) is 8.03. The van der Waals surface area contributed by atoms with E-state index in [0.29, 0.717) is 22.8 Å². The number of rotatable bonds is 3. The molecule has 1 aliphatic rings. The Bertz CT molecular complexity index is 699. The molecule has 1 aromatic carbocycles. The molecule has 132 valence electrons. The molecule has 0 spiro atoms. The summed E-state index contributed by atoms with van der Waals surface area (Å²) in [5, 5.41) is 4.71. The molecule has 0 radical (unpaired) electrons. The molecular weight excluding hydrogens is 373 g/mol. The molecule has 2 aromatic rings. The van der Waals surface area contributed by atoms with E-state index in [1.807, 2.05) is 24.0 Å². The van der Waals surface area contributed by atoms with Crippen molar-refractivity contribution in [3.63, 3.8) is 0 Å². The molecule has 0 bridgehead atoms. The van der Waals surface area contributed by atoms with Crippen molar-refractivity contribution in [3.8, 4) is 5.75 Å². The number of benzene rings is 1. The predicted octanol–water partition coefficient (Wildman–Crippen LogP) is 2.93. The third kappa shape index (κ3) is 4.42. The first-order valence-electron chi connectivity index (χ1n) is 7.33. The fraction of sp³-hybridized carbons (Fsp3) is 0.375. The van der Waals surface area contributed by atoms with Gasteiger partial charge in [0.2, 0.25) is 0 Å². The van der Waals surface area contributed by atoms with E-state index in [2.05, 4.69) is 10.3 Å². The number of amides is 1. The van der Waals surface area contributed by atoms with E-state index in [4.69, 9.17) is 16.3 Å². The molecule has 2 heterocycles. The standard InChI is InChI=1S/C16H18ClN3O2.2ClH/c1-11-9-18-7-8-20(11)15(21)10-22-14-5-4-13(17)12-3-2-6-19-16(12)14;;/h2-6,11,18H,7-10H2,1H3;2*1H/t11-;;/m0../s1. The van der Waals surface area contributed by atoms with Crippen molar-refractivity contribution in [3.05, 3.63) is 35.5 Å². The molecule has 5 nitrogen and oxygen atoms in total. The Labute approximate surface area is 158 Å². The average Bonchev–Trinajstić information content (AvgIpc) is 2.55. The summed E-state index contributed by atoms with van der Waals surface area (Å²) < 4.78 is 5.70. The number of carbonyl (C=O) groups is 1. The quantitative estimate of drug-likeness (QED) is 0.872. The molecule has 0 unspecified atom stereocenters. The lowest BCUT2D eigenvalue weighted by Gasteiger charge is -2.33. The van der Waals surface area contributed by atoms with Crippen molar-refractivity contribution in [2.75, 3.05) is 26.2 Å². The van der Waals surface area contributed by atoms with Crippen LogP contribution in [-0.2, 0) is 4.79 Å². The van der Waals surface area contributed by atoms with Crippen molar-refractivity contribution in [1.29, 1.82) is 0 Å². The van der Waals surface area contributed by atoms with Gasteiger partial charge in [0.15, 0.2) is 6.61 Å². The van der Waals surface area contributed by atoms with Crippen molar-refractivity contribution < 1.29 is 9.53 Å². The number of aromatic nitrogens is 1. The van der Waals surface area contributed by atoms with E-state index in [1.165, 1.54) is 0 Å². The number of nitrogens with zero attached hydrogens (tertiary/aromatic N) is 2. The van der Waals surface area contributed by atoms with Crippen molar-refractivity contribution in [1.82, 2.24) is 15.2 Å². The summed E-state index contributed by atoms with van der Waals surface area (Å²) >= 11 is 6.15. The van der Waals surface area contributed by atoms with Crippen LogP contribution < -0.4 is 10.1 Å². The van der Waals surface area contributed by atoms with E-state index < -0.39 is 0 Å². The highest BCUT2D eigenvalue weighted by molar-refractivity contribution is 6.35. The molecule has 1 amide bonds. The van der Waals surface area contributed by atoms with Gasteiger partial charge >= 0.3 is 0 Å². The minimum absolute atomic E-state index is 0. The number of pyridine rings is 1. The maximum Gasteiger partial charge on any atom is 0.260 e. The molecule has 8 heteroatoms. The zero-order valence-corrected chi connectivity index (χ0v) is 15.6. The van der Waals surface area contributed by atoms with Crippen LogP contribution in [0.1, 0.15) is 6.92 Å². The summed E-state index contributed by atoms with van der Waals surface area (Å²) in [7, 11) is 0. The summed E-state index contributed by atoms with van der Waals surface area (Å²) in [6.45, 7) is 4.39. The molecule has 1 aliphatic heterocycles. The lowest BCUT2D eigenvalue weighted by Crippen LogP contribution is -2.53. The zero-order chi connectivity index (χ0) is 15.5. The number of ether oxygens (including phenoxy) is 1. The van der Waals surface area contributed by atoms with Crippen LogP contribution in [0, 0.1) is 0 Å². The lowest BCUT2D eigenvalue weighted by atomic mass is 10.2. The molecule has 1 aromatic heterocycles. The van der Waals surface area contributed by atoms with Gasteiger partial charge in [-0.3, -0.25) is 9.78 Å². The summed E-state index contributed by atoms with van der Waals surface area (Å²) in [4.78, 5) is 18.5. The van der Waals surface area contributed by atoms with Crippen molar-refractivity contribution in [2.45, 2.75) is 13.0 Å². The minimum Gasteiger partial charge on any atom is -0.481 e. The number of halogens is 3. The van der Waals surface area contributed by atoms with Gasteiger partial charge in [-0.2, -0.15) is 0 Å². The van der Waals surface area contributed by atoms with E-state index >= 15 is 0 Å². The van der Waals surface area contributed by atoms with Crippen LogP contribution in [0.15, 0.2) is 30.5 Å². The van der Waals surface area contributed by atoms with Gasteiger partial charge in [-0.25, -0.2) is 0 Å². The molecule has 1 saturated heterocycles. The van der Waals surface area contributed by atoms with Gasteiger partial charge in [-0.05, 0) is 31.2 Å². The van der Waals surface area contributed by atoms with Crippen LogP contribution in [0.25, 0.3) is 10.9 Å². The summed E-state index contributed by atoms with van der Waals surface area (Å²) in [6.07, 6.45) is 1.69. The fourth-order valence-corrected chi connectivity index (χ4v) is 2.88. The third-order valence-electron chi connectivity index (χ3n) is 3.85. The number of piperazine rings is 1. The van der Waals surface area contributed by atoms with E-state index in [9.17, 15) is 4.79 Å². The van der Waals surface area contributed by atoms with Gasteiger partial charge in [0.25, 0.3) is 5.91 Å². The summed E-state index contributed by atoms with van der Waals surface area (Å²) in [5.74, 6) is 0.573. The largest absolute Gasteiger partial charge is 0.481 e. The number of nitrogens with one attached hydrogen (secondary N) is 1. The first-order valence-corrected chi connectivity index (χ1v) is 7.71. The monoisotopic (exact) mass is 391 g/mol. The minimum atomic E-state index is -0.00645. The zero-order valence-electron chi connectivity index (χ0n) is 13.2. The Morgan fingerprint density at radius 1 is 1.42 bits per heavy atom.